The normalized spacial score (nSPS) is 23.1. The van der Waals surface area contributed by atoms with E-state index in [2.05, 4.69) is 9.80 Å². The quantitative estimate of drug-likeness (QED) is 0.820. The van der Waals surface area contributed by atoms with Crippen molar-refractivity contribution in [2.75, 3.05) is 40.5 Å². The zero-order chi connectivity index (χ0) is 17.6. The van der Waals surface area contributed by atoms with Crippen LogP contribution >= 0.6 is 0 Å². The number of aliphatic hydroxyl groups is 1. The number of methoxy groups -OCH3 is 2. The fourth-order valence-corrected chi connectivity index (χ4v) is 4.51. The van der Waals surface area contributed by atoms with Crippen molar-refractivity contribution in [1.29, 1.82) is 0 Å². The van der Waals surface area contributed by atoms with Gasteiger partial charge in [-0.15, -0.1) is 0 Å². The Morgan fingerprint density at radius 2 is 1.76 bits per heavy atom. The van der Waals surface area contributed by atoms with Crippen molar-refractivity contribution in [3.63, 3.8) is 0 Å². The molecule has 2 aliphatic rings. The Labute approximate surface area is 151 Å². The van der Waals surface area contributed by atoms with Crippen LogP contribution in [0.4, 0.5) is 0 Å². The van der Waals surface area contributed by atoms with Crippen LogP contribution in [0.15, 0.2) is 18.2 Å². The fourth-order valence-electron chi connectivity index (χ4n) is 4.51. The van der Waals surface area contributed by atoms with Gasteiger partial charge in [0.1, 0.15) is 11.5 Å². The average molecular weight is 348 g/mol. The molecular formula is C20H32N2O3. The third-order valence-corrected chi connectivity index (χ3v) is 5.78. The van der Waals surface area contributed by atoms with Gasteiger partial charge >= 0.3 is 0 Å². The predicted molar refractivity (Wildman–Crippen MR) is 99.3 cm³/mol. The van der Waals surface area contributed by atoms with Gasteiger partial charge in [-0.3, -0.25) is 9.80 Å². The Hall–Kier alpha value is -1.30. The van der Waals surface area contributed by atoms with Crippen LogP contribution in [-0.4, -0.2) is 67.5 Å². The van der Waals surface area contributed by atoms with E-state index in [1.165, 1.54) is 25.7 Å². The molecule has 140 valence electrons. The topological polar surface area (TPSA) is 45.2 Å². The zero-order valence-electron chi connectivity index (χ0n) is 15.6. The number of hydrogen-bond donors (Lipinski definition) is 1. The Morgan fingerprint density at radius 1 is 1.08 bits per heavy atom. The van der Waals surface area contributed by atoms with E-state index >= 15 is 0 Å². The van der Waals surface area contributed by atoms with Gasteiger partial charge in [-0.1, -0.05) is 18.9 Å². The summed E-state index contributed by atoms with van der Waals surface area (Å²) >= 11 is 0. The van der Waals surface area contributed by atoms with E-state index in [9.17, 15) is 5.11 Å². The molecule has 25 heavy (non-hydrogen) atoms. The Balaban J connectivity index is 1.70. The molecule has 1 aromatic carbocycles. The summed E-state index contributed by atoms with van der Waals surface area (Å²) in [4.78, 5) is 5.14. The smallest absolute Gasteiger partial charge is 0.127 e. The van der Waals surface area contributed by atoms with Gasteiger partial charge in [-0.05, 0) is 31.4 Å². The predicted octanol–water partition coefficient (Wildman–Crippen LogP) is 2.52. The molecular weight excluding hydrogens is 316 g/mol. The molecule has 0 aromatic heterocycles. The average Bonchev–Trinajstić information content (AvgIpc) is 3.17. The van der Waals surface area contributed by atoms with E-state index in [0.717, 1.165) is 55.7 Å². The first-order valence-electron chi connectivity index (χ1n) is 9.55. The molecule has 1 atom stereocenters. The number of benzene rings is 1. The largest absolute Gasteiger partial charge is 0.496 e. The van der Waals surface area contributed by atoms with Gasteiger partial charge < -0.3 is 14.6 Å². The summed E-state index contributed by atoms with van der Waals surface area (Å²) < 4.78 is 11.1. The van der Waals surface area contributed by atoms with Gasteiger partial charge in [0, 0.05) is 44.9 Å². The van der Waals surface area contributed by atoms with Gasteiger partial charge in [-0.2, -0.15) is 0 Å². The molecule has 0 spiro atoms. The molecule has 1 aliphatic carbocycles. The number of rotatable bonds is 7. The first-order chi connectivity index (χ1) is 12.3. The third-order valence-electron chi connectivity index (χ3n) is 5.78. The summed E-state index contributed by atoms with van der Waals surface area (Å²) in [7, 11) is 3.43. The lowest BCUT2D eigenvalue weighted by atomic mass is 10.0. The molecule has 0 unspecified atom stereocenters. The monoisotopic (exact) mass is 348 g/mol. The molecule has 1 saturated heterocycles. The minimum Gasteiger partial charge on any atom is -0.496 e. The first-order valence-corrected chi connectivity index (χ1v) is 9.55. The van der Waals surface area contributed by atoms with Gasteiger partial charge in [-0.25, -0.2) is 0 Å². The van der Waals surface area contributed by atoms with Crippen molar-refractivity contribution in [3.05, 3.63) is 23.8 Å². The SMILES string of the molecule is COc1cccc(OC)c1CN1CCN(C2CCCC2)[C@@H](CCO)C1. The number of ether oxygens (including phenoxy) is 2. The van der Waals surface area contributed by atoms with Crippen molar-refractivity contribution < 1.29 is 14.6 Å². The molecule has 5 heteroatoms. The third kappa shape index (κ3) is 4.27. The Morgan fingerprint density at radius 3 is 2.36 bits per heavy atom. The fraction of sp³-hybridized carbons (Fsp3) is 0.700. The van der Waals surface area contributed by atoms with Crippen LogP contribution in [0, 0.1) is 0 Å². The minimum atomic E-state index is 0.264. The van der Waals surface area contributed by atoms with Crippen molar-refractivity contribution in [2.45, 2.75) is 50.7 Å². The molecule has 0 amide bonds. The van der Waals surface area contributed by atoms with Gasteiger partial charge in [0.05, 0.1) is 19.8 Å². The van der Waals surface area contributed by atoms with E-state index in [4.69, 9.17) is 9.47 Å². The van der Waals surface area contributed by atoms with Crippen LogP contribution in [0.1, 0.15) is 37.7 Å². The molecule has 0 bridgehead atoms. The van der Waals surface area contributed by atoms with Gasteiger partial charge in [0.15, 0.2) is 0 Å². The summed E-state index contributed by atoms with van der Waals surface area (Å²) in [5.74, 6) is 1.77. The van der Waals surface area contributed by atoms with Crippen molar-refractivity contribution in [3.8, 4) is 11.5 Å². The summed E-state index contributed by atoms with van der Waals surface area (Å²) in [6.45, 7) is 4.23. The summed E-state index contributed by atoms with van der Waals surface area (Å²) in [6.07, 6.45) is 6.21. The van der Waals surface area contributed by atoms with E-state index in [-0.39, 0.29) is 6.61 Å². The summed E-state index contributed by atoms with van der Waals surface area (Å²) in [6, 6.07) is 7.13. The van der Waals surface area contributed by atoms with Crippen LogP contribution < -0.4 is 9.47 Å². The highest BCUT2D eigenvalue weighted by atomic mass is 16.5. The number of aliphatic hydroxyl groups excluding tert-OH is 1. The Bertz CT molecular complexity index is 523. The molecule has 2 fully saturated rings. The first kappa shape index (κ1) is 18.5. The summed E-state index contributed by atoms with van der Waals surface area (Å²) in [5, 5.41) is 9.53. The zero-order valence-corrected chi connectivity index (χ0v) is 15.6. The molecule has 3 rings (SSSR count). The summed E-state index contributed by atoms with van der Waals surface area (Å²) in [5.41, 5.74) is 1.12. The van der Waals surface area contributed by atoms with Crippen molar-refractivity contribution >= 4 is 0 Å². The standard InChI is InChI=1S/C20H32N2O3/c1-24-19-8-5-9-20(25-2)18(19)15-21-11-12-22(16-6-3-4-7-16)17(14-21)10-13-23/h5,8-9,16-17,23H,3-4,6-7,10-15H2,1-2H3/t17-/m0/s1. The maximum absolute atomic E-state index is 9.53. The van der Waals surface area contributed by atoms with Crippen LogP contribution in [0.3, 0.4) is 0 Å². The number of nitrogens with zero attached hydrogens (tertiary/aromatic N) is 2. The van der Waals surface area contributed by atoms with Crippen molar-refractivity contribution in [2.24, 2.45) is 0 Å². The highest BCUT2D eigenvalue weighted by molar-refractivity contribution is 5.44. The Kier molecular flexibility index (Phi) is 6.57. The highest BCUT2D eigenvalue weighted by Gasteiger charge is 2.33. The molecule has 1 heterocycles. The van der Waals surface area contributed by atoms with E-state index in [1.54, 1.807) is 14.2 Å². The lowest BCUT2D eigenvalue weighted by molar-refractivity contribution is 0.0262. The second kappa shape index (κ2) is 8.88. The maximum Gasteiger partial charge on any atom is 0.127 e. The second-order valence-electron chi connectivity index (χ2n) is 7.22. The molecule has 1 aromatic rings. The lowest BCUT2D eigenvalue weighted by Crippen LogP contribution is -2.56. The molecule has 1 aliphatic heterocycles. The van der Waals surface area contributed by atoms with Gasteiger partial charge in [0.25, 0.3) is 0 Å². The van der Waals surface area contributed by atoms with Crippen LogP contribution in [0.5, 0.6) is 11.5 Å². The minimum absolute atomic E-state index is 0.264. The molecule has 1 N–H and O–H groups in total. The maximum atomic E-state index is 9.53. The number of hydrogen-bond acceptors (Lipinski definition) is 5. The second-order valence-corrected chi connectivity index (χ2v) is 7.22. The molecule has 1 saturated carbocycles. The molecule has 5 nitrogen and oxygen atoms in total. The van der Waals surface area contributed by atoms with Crippen LogP contribution in [0.25, 0.3) is 0 Å². The number of piperazine rings is 1. The van der Waals surface area contributed by atoms with Crippen LogP contribution in [-0.2, 0) is 6.54 Å². The van der Waals surface area contributed by atoms with Gasteiger partial charge in [0.2, 0.25) is 0 Å². The lowest BCUT2D eigenvalue weighted by Gasteiger charge is -2.44. The van der Waals surface area contributed by atoms with E-state index < -0.39 is 0 Å². The van der Waals surface area contributed by atoms with E-state index in [0.29, 0.717) is 6.04 Å². The highest BCUT2D eigenvalue weighted by Crippen LogP contribution is 2.32. The van der Waals surface area contributed by atoms with Crippen LogP contribution in [0.2, 0.25) is 0 Å². The van der Waals surface area contributed by atoms with E-state index in [1.807, 2.05) is 18.2 Å². The van der Waals surface area contributed by atoms with Crippen molar-refractivity contribution in [1.82, 2.24) is 9.80 Å². The molecule has 0 radical (unpaired) electrons.